The molecule has 4 heterocycles. The molecular weight excluding hydrogens is 765 g/mol. The molecule has 0 bridgehead atoms. The number of nitrogens with zero attached hydrogens (tertiary/aromatic N) is 6. The third-order valence-electron chi connectivity index (χ3n) is 12.2. The van der Waals surface area contributed by atoms with Gasteiger partial charge in [-0.15, -0.1) is 0 Å². The molecule has 0 radical (unpaired) electrons. The van der Waals surface area contributed by atoms with Crippen LogP contribution in [-0.4, -0.2) is 29.9 Å². The lowest BCUT2D eigenvalue weighted by Gasteiger charge is -2.21. The second-order valence-electron chi connectivity index (χ2n) is 16.0. The van der Waals surface area contributed by atoms with E-state index in [-0.39, 0.29) is 0 Å². The minimum Gasteiger partial charge on any atom is -0.456 e. The van der Waals surface area contributed by atoms with Crippen molar-refractivity contribution in [2.24, 2.45) is 0 Å². The van der Waals surface area contributed by atoms with Gasteiger partial charge in [0.2, 0.25) is 0 Å². The standard InChI is InChI=1S/C54H38N6O2/c1-5-16-33(17-6-1)49-55-50(34-18-7-2-8-19-34)58-53(57-49)41-27-15-29-45-46(41)43-32-37(30-31-44(43)61-45)38-24-13-25-39-40-26-14-28-42(48(40)62-47(38)39)54-59-51(35-20-9-3-10-21-35)56-52(60-54)36-22-11-4-12-23-36/h1,3-6,9-17,20-32,34H,2,7-8,18-19H2. The Hall–Kier alpha value is -7.84. The van der Waals surface area contributed by atoms with Gasteiger partial charge in [-0.2, -0.15) is 0 Å². The van der Waals surface area contributed by atoms with Crippen molar-refractivity contribution < 1.29 is 8.83 Å². The number of rotatable bonds is 7. The molecule has 0 unspecified atom stereocenters. The number of hydrogen-bond acceptors (Lipinski definition) is 8. The monoisotopic (exact) mass is 802 g/mol. The van der Waals surface area contributed by atoms with Gasteiger partial charge in [0.05, 0.1) is 5.56 Å². The van der Waals surface area contributed by atoms with Gasteiger partial charge < -0.3 is 8.83 Å². The first kappa shape index (κ1) is 36.0. The number of fused-ring (bicyclic) bond motifs is 6. The molecular formula is C54H38N6O2. The summed E-state index contributed by atoms with van der Waals surface area (Å²) in [6, 6.07) is 55.3. The van der Waals surface area contributed by atoms with E-state index in [0.717, 1.165) is 95.9 Å². The predicted octanol–water partition coefficient (Wildman–Crippen LogP) is 13.9. The van der Waals surface area contributed by atoms with Crippen molar-refractivity contribution in [3.05, 3.63) is 170 Å². The van der Waals surface area contributed by atoms with Crippen molar-refractivity contribution in [3.8, 4) is 68.1 Å². The van der Waals surface area contributed by atoms with Crippen molar-refractivity contribution >= 4 is 43.9 Å². The number of furan rings is 2. The van der Waals surface area contributed by atoms with Gasteiger partial charge in [0, 0.05) is 55.3 Å². The molecule has 12 rings (SSSR count). The lowest BCUT2D eigenvalue weighted by molar-refractivity contribution is 0.428. The van der Waals surface area contributed by atoms with Crippen molar-refractivity contribution in [3.63, 3.8) is 0 Å². The van der Waals surface area contributed by atoms with Gasteiger partial charge in [0.15, 0.2) is 29.1 Å². The fraction of sp³-hybridized carbons (Fsp3) is 0.111. The number of aromatic nitrogens is 6. The van der Waals surface area contributed by atoms with Crippen molar-refractivity contribution in [2.45, 2.75) is 38.0 Å². The number of para-hydroxylation sites is 2. The molecule has 7 aromatic carbocycles. The molecule has 1 aliphatic carbocycles. The van der Waals surface area contributed by atoms with Gasteiger partial charge in [-0.25, -0.2) is 29.9 Å². The Morgan fingerprint density at radius 1 is 0.355 bits per heavy atom. The molecule has 0 amide bonds. The Morgan fingerprint density at radius 2 is 0.871 bits per heavy atom. The highest BCUT2D eigenvalue weighted by Crippen LogP contribution is 2.43. The normalized spacial score (nSPS) is 13.4. The lowest BCUT2D eigenvalue weighted by Crippen LogP contribution is -2.11. The van der Waals surface area contributed by atoms with Crippen LogP contribution in [0, 0.1) is 0 Å². The molecule has 8 heteroatoms. The van der Waals surface area contributed by atoms with E-state index in [4.69, 9.17) is 38.7 Å². The summed E-state index contributed by atoms with van der Waals surface area (Å²) in [5, 5.41) is 3.94. The van der Waals surface area contributed by atoms with E-state index >= 15 is 0 Å². The van der Waals surface area contributed by atoms with E-state index in [1.54, 1.807) is 0 Å². The summed E-state index contributed by atoms with van der Waals surface area (Å²) in [6.07, 6.45) is 5.83. The average molecular weight is 803 g/mol. The zero-order valence-electron chi connectivity index (χ0n) is 33.7. The van der Waals surface area contributed by atoms with Crippen molar-refractivity contribution in [1.29, 1.82) is 0 Å². The Kier molecular flexibility index (Phi) is 8.73. The van der Waals surface area contributed by atoms with E-state index in [1.807, 2.05) is 103 Å². The average Bonchev–Trinajstić information content (AvgIpc) is 3.93. The van der Waals surface area contributed by atoms with Gasteiger partial charge in [0.1, 0.15) is 28.2 Å². The van der Waals surface area contributed by atoms with Crippen LogP contribution in [0.5, 0.6) is 0 Å². The lowest BCUT2D eigenvalue weighted by atomic mass is 9.88. The Morgan fingerprint density at radius 3 is 1.52 bits per heavy atom. The maximum absolute atomic E-state index is 6.96. The van der Waals surface area contributed by atoms with Gasteiger partial charge in [-0.05, 0) is 42.7 Å². The third-order valence-corrected chi connectivity index (χ3v) is 12.2. The Labute approximate surface area is 357 Å². The number of hydrogen-bond donors (Lipinski definition) is 0. The third kappa shape index (κ3) is 6.30. The van der Waals surface area contributed by atoms with Crippen LogP contribution >= 0.6 is 0 Å². The van der Waals surface area contributed by atoms with Crippen LogP contribution in [0.3, 0.4) is 0 Å². The molecule has 8 nitrogen and oxygen atoms in total. The highest BCUT2D eigenvalue weighted by molar-refractivity contribution is 6.15. The second kappa shape index (κ2) is 15.0. The van der Waals surface area contributed by atoms with Crippen molar-refractivity contribution in [1.82, 2.24) is 29.9 Å². The second-order valence-corrected chi connectivity index (χ2v) is 16.0. The molecule has 62 heavy (non-hydrogen) atoms. The first-order valence-electron chi connectivity index (χ1n) is 21.3. The van der Waals surface area contributed by atoms with Crippen LogP contribution in [0.1, 0.15) is 43.8 Å². The summed E-state index contributed by atoms with van der Waals surface area (Å²) in [6.45, 7) is 0. The SMILES string of the molecule is c1ccc(-c2nc(-c3ccccc3)nc(-c3cccc4c3oc3c(-c5ccc6oc7cccc(-c8nc(-c9ccccc9)nc(C9CCCCC9)n8)c7c6c5)cccc34)n2)cc1. The largest absolute Gasteiger partial charge is 0.456 e. The zero-order valence-corrected chi connectivity index (χ0v) is 33.7. The Bertz CT molecular complexity index is 3390. The first-order valence-corrected chi connectivity index (χ1v) is 21.3. The molecule has 296 valence electrons. The number of benzene rings is 7. The van der Waals surface area contributed by atoms with Crippen LogP contribution in [0.25, 0.3) is 112 Å². The van der Waals surface area contributed by atoms with E-state index in [2.05, 4.69) is 60.7 Å². The molecule has 0 aliphatic heterocycles. The molecule has 4 aromatic heterocycles. The fourth-order valence-electron chi connectivity index (χ4n) is 9.11. The molecule has 1 fully saturated rings. The summed E-state index contributed by atoms with van der Waals surface area (Å²) in [7, 11) is 0. The molecule has 11 aromatic rings. The minimum absolute atomic E-state index is 0.312. The quantitative estimate of drug-likeness (QED) is 0.157. The summed E-state index contributed by atoms with van der Waals surface area (Å²) in [5.74, 6) is 4.29. The summed E-state index contributed by atoms with van der Waals surface area (Å²) >= 11 is 0. The molecule has 1 aliphatic rings. The smallest absolute Gasteiger partial charge is 0.167 e. The van der Waals surface area contributed by atoms with Gasteiger partial charge in [0.25, 0.3) is 0 Å². The van der Waals surface area contributed by atoms with Crippen LogP contribution in [0.2, 0.25) is 0 Å². The topological polar surface area (TPSA) is 104 Å². The summed E-state index contributed by atoms with van der Waals surface area (Å²) < 4.78 is 13.5. The van der Waals surface area contributed by atoms with E-state index in [9.17, 15) is 0 Å². The highest BCUT2D eigenvalue weighted by Gasteiger charge is 2.24. The molecule has 0 N–H and O–H groups in total. The summed E-state index contributed by atoms with van der Waals surface area (Å²) in [5.41, 5.74) is 9.56. The van der Waals surface area contributed by atoms with Gasteiger partial charge in [-0.3, -0.25) is 0 Å². The molecule has 0 saturated heterocycles. The van der Waals surface area contributed by atoms with Crippen LogP contribution in [0.15, 0.2) is 173 Å². The zero-order chi connectivity index (χ0) is 41.0. The molecule has 0 atom stereocenters. The minimum atomic E-state index is 0.312. The van der Waals surface area contributed by atoms with E-state index in [1.165, 1.54) is 19.3 Å². The van der Waals surface area contributed by atoms with Crippen LogP contribution < -0.4 is 0 Å². The maximum Gasteiger partial charge on any atom is 0.167 e. The molecule has 0 spiro atoms. The fourth-order valence-corrected chi connectivity index (χ4v) is 9.11. The Balaban J connectivity index is 1.01. The van der Waals surface area contributed by atoms with E-state index in [0.29, 0.717) is 40.6 Å². The highest BCUT2D eigenvalue weighted by atomic mass is 16.3. The predicted molar refractivity (Wildman–Crippen MR) is 246 cm³/mol. The maximum atomic E-state index is 6.96. The molecule has 1 saturated carbocycles. The first-order chi connectivity index (χ1) is 30.7. The van der Waals surface area contributed by atoms with E-state index < -0.39 is 0 Å². The summed E-state index contributed by atoms with van der Waals surface area (Å²) in [4.78, 5) is 30.4. The van der Waals surface area contributed by atoms with Gasteiger partial charge in [-0.1, -0.05) is 159 Å². The van der Waals surface area contributed by atoms with Crippen LogP contribution in [-0.2, 0) is 0 Å². The van der Waals surface area contributed by atoms with Crippen LogP contribution in [0.4, 0.5) is 0 Å². The van der Waals surface area contributed by atoms with Crippen molar-refractivity contribution in [2.75, 3.05) is 0 Å². The van der Waals surface area contributed by atoms with Gasteiger partial charge >= 0.3 is 0 Å².